The van der Waals surface area contributed by atoms with Gasteiger partial charge in [-0.05, 0) is 12.8 Å². The molecule has 0 saturated carbocycles. The fourth-order valence-electron chi connectivity index (χ4n) is 1.78. The van der Waals surface area contributed by atoms with Gasteiger partial charge in [-0.25, -0.2) is 0 Å². The molecule has 0 radical (unpaired) electrons. The zero-order chi connectivity index (χ0) is 7.26. The second kappa shape index (κ2) is 2.38. The highest BCUT2D eigenvalue weighted by Gasteiger charge is 2.44. The van der Waals surface area contributed by atoms with Crippen LogP contribution < -0.4 is 0 Å². The molecule has 0 bridgehead atoms. The average molecular weight is 172 g/mol. The summed E-state index contributed by atoms with van der Waals surface area (Å²) in [6, 6.07) is 0. The number of ether oxygens (including phenoxy) is 2. The normalized spacial score (nSPS) is 54.5. The standard InChI is InChI=1S/C8H12O2S/c1-2-8(6-4-10-6)11-7(1)5-3-9-5/h5-8H,1-4H2. The van der Waals surface area contributed by atoms with Crippen LogP contribution in [-0.4, -0.2) is 35.9 Å². The van der Waals surface area contributed by atoms with Crippen LogP contribution in [-0.2, 0) is 9.47 Å². The highest BCUT2D eigenvalue weighted by Crippen LogP contribution is 2.44. The minimum atomic E-state index is 0.601. The summed E-state index contributed by atoms with van der Waals surface area (Å²) in [4.78, 5) is 0. The first-order valence-corrected chi connectivity index (χ1v) is 5.26. The van der Waals surface area contributed by atoms with Gasteiger partial charge in [0, 0.05) is 10.5 Å². The number of hydrogen-bond donors (Lipinski definition) is 0. The minimum Gasteiger partial charge on any atom is -0.372 e. The van der Waals surface area contributed by atoms with Crippen LogP contribution >= 0.6 is 11.8 Å². The summed E-state index contributed by atoms with van der Waals surface area (Å²) in [5.41, 5.74) is 0. The van der Waals surface area contributed by atoms with Crippen molar-refractivity contribution in [1.82, 2.24) is 0 Å². The van der Waals surface area contributed by atoms with E-state index in [1.807, 2.05) is 0 Å². The van der Waals surface area contributed by atoms with Gasteiger partial charge in [-0.1, -0.05) is 0 Å². The van der Waals surface area contributed by atoms with E-state index >= 15 is 0 Å². The topological polar surface area (TPSA) is 25.1 Å². The second-order valence-corrected chi connectivity index (χ2v) is 5.02. The van der Waals surface area contributed by atoms with E-state index in [-0.39, 0.29) is 0 Å². The molecule has 3 heteroatoms. The van der Waals surface area contributed by atoms with Crippen LogP contribution in [0.25, 0.3) is 0 Å². The van der Waals surface area contributed by atoms with Crippen molar-refractivity contribution in [3.8, 4) is 0 Å². The van der Waals surface area contributed by atoms with Crippen LogP contribution in [0.5, 0.6) is 0 Å². The van der Waals surface area contributed by atoms with Gasteiger partial charge in [0.05, 0.1) is 25.4 Å². The predicted molar refractivity (Wildman–Crippen MR) is 43.9 cm³/mol. The lowest BCUT2D eigenvalue weighted by molar-refractivity contribution is 0.390. The Morgan fingerprint density at radius 1 is 0.909 bits per heavy atom. The van der Waals surface area contributed by atoms with Crippen molar-refractivity contribution in [2.45, 2.75) is 35.5 Å². The third kappa shape index (κ3) is 1.30. The maximum atomic E-state index is 5.28. The highest BCUT2D eigenvalue weighted by atomic mass is 32.2. The summed E-state index contributed by atoms with van der Waals surface area (Å²) in [5.74, 6) is 0. The predicted octanol–water partition coefficient (Wildman–Crippen LogP) is 1.05. The minimum absolute atomic E-state index is 0.601. The molecule has 3 saturated heterocycles. The number of epoxide rings is 2. The van der Waals surface area contributed by atoms with Gasteiger partial charge in [0.1, 0.15) is 0 Å². The van der Waals surface area contributed by atoms with Crippen LogP contribution in [0.2, 0.25) is 0 Å². The summed E-state index contributed by atoms with van der Waals surface area (Å²) < 4.78 is 10.6. The van der Waals surface area contributed by atoms with Gasteiger partial charge in [-0.15, -0.1) is 11.8 Å². The van der Waals surface area contributed by atoms with Gasteiger partial charge in [-0.3, -0.25) is 0 Å². The Morgan fingerprint density at radius 3 is 1.73 bits per heavy atom. The van der Waals surface area contributed by atoms with E-state index < -0.39 is 0 Å². The maximum Gasteiger partial charge on any atom is 0.0928 e. The summed E-state index contributed by atoms with van der Waals surface area (Å²) in [6.45, 7) is 2.02. The van der Waals surface area contributed by atoms with Gasteiger partial charge < -0.3 is 9.47 Å². The summed E-state index contributed by atoms with van der Waals surface area (Å²) >= 11 is 2.10. The fourth-order valence-corrected chi connectivity index (χ4v) is 3.43. The molecule has 2 nitrogen and oxygen atoms in total. The van der Waals surface area contributed by atoms with Crippen molar-refractivity contribution in [3.05, 3.63) is 0 Å². The molecule has 62 valence electrons. The van der Waals surface area contributed by atoms with E-state index in [1.54, 1.807) is 0 Å². The molecule has 3 aliphatic heterocycles. The van der Waals surface area contributed by atoms with E-state index in [0.717, 1.165) is 23.7 Å². The molecule has 0 aromatic heterocycles. The van der Waals surface area contributed by atoms with Crippen molar-refractivity contribution in [3.63, 3.8) is 0 Å². The molecule has 3 rings (SSSR count). The molecule has 0 N–H and O–H groups in total. The Kier molecular flexibility index (Phi) is 1.46. The van der Waals surface area contributed by atoms with Crippen LogP contribution in [0.15, 0.2) is 0 Å². The van der Waals surface area contributed by atoms with Crippen molar-refractivity contribution in [1.29, 1.82) is 0 Å². The number of hydrogen-bond acceptors (Lipinski definition) is 3. The van der Waals surface area contributed by atoms with Crippen molar-refractivity contribution in [2.24, 2.45) is 0 Å². The summed E-state index contributed by atoms with van der Waals surface area (Å²) in [6.07, 6.45) is 3.90. The van der Waals surface area contributed by atoms with Gasteiger partial charge in [-0.2, -0.15) is 0 Å². The second-order valence-electron chi connectivity index (χ2n) is 3.53. The third-order valence-corrected chi connectivity index (χ3v) is 4.41. The first-order chi connectivity index (χ1) is 5.43. The van der Waals surface area contributed by atoms with Crippen LogP contribution in [0.3, 0.4) is 0 Å². The Hall–Kier alpha value is 0.270. The number of thioether (sulfide) groups is 1. The first-order valence-electron chi connectivity index (χ1n) is 4.32. The molecule has 0 amide bonds. The average Bonchev–Trinajstić information content (AvgIpc) is 2.90. The molecule has 3 fully saturated rings. The van der Waals surface area contributed by atoms with Crippen LogP contribution in [0.1, 0.15) is 12.8 Å². The molecule has 0 aliphatic carbocycles. The van der Waals surface area contributed by atoms with Gasteiger partial charge in [0.2, 0.25) is 0 Å². The third-order valence-electron chi connectivity index (χ3n) is 2.63. The molecule has 4 atom stereocenters. The lowest BCUT2D eigenvalue weighted by atomic mass is 10.1. The Labute approximate surface area is 70.6 Å². The molecular weight excluding hydrogens is 160 g/mol. The molecule has 0 aromatic carbocycles. The zero-order valence-corrected chi connectivity index (χ0v) is 7.18. The molecular formula is C8H12O2S. The quantitative estimate of drug-likeness (QED) is 0.582. The maximum absolute atomic E-state index is 5.28. The van der Waals surface area contributed by atoms with Crippen LogP contribution in [0.4, 0.5) is 0 Å². The molecule has 11 heavy (non-hydrogen) atoms. The van der Waals surface area contributed by atoms with Gasteiger partial charge >= 0.3 is 0 Å². The number of rotatable bonds is 2. The molecule has 0 spiro atoms. The molecule has 0 aromatic rings. The Bertz CT molecular complexity index is 147. The van der Waals surface area contributed by atoms with Crippen molar-refractivity contribution >= 4 is 11.8 Å². The van der Waals surface area contributed by atoms with E-state index in [0.29, 0.717) is 12.2 Å². The van der Waals surface area contributed by atoms with Gasteiger partial charge in [0.25, 0.3) is 0 Å². The lowest BCUT2D eigenvalue weighted by Crippen LogP contribution is -2.08. The van der Waals surface area contributed by atoms with Gasteiger partial charge in [0.15, 0.2) is 0 Å². The molecule has 3 heterocycles. The lowest BCUT2D eigenvalue weighted by Gasteiger charge is -2.05. The van der Waals surface area contributed by atoms with Crippen LogP contribution in [0, 0.1) is 0 Å². The SMILES string of the molecule is C1OC1C1CCC(C2CO2)S1. The van der Waals surface area contributed by atoms with E-state index in [2.05, 4.69) is 11.8 Å². The van der Waals surface area contributed by atoms with Crippen molar-refractivity contribution in [2.75, 3.05) is 13.2 Å². The summed E-state index contributed by atoms with van der Waals surface area (Å²) in [5, 5.41) is 1.59. The Morgan fingerprint density at radius 2 is 1.36 bits per heavy atom. The smallest absolute Gasteiger partial charge is 0.0928 e. The zero-order valence-electron chi connectivity index (χ0n) is 6.36. The van der Waals surface area contributed by atoms with Crippen molar-refractivity contribution < 1.29 is 9.47 Å². The van der Waals surface area contributed by atoms with E-state index in [4.69, 9.17) is 9.47 Å². The largest absolute Gasteiger partial charge is 0.372 e. The first kappa shape index (κ1) is 6.75. The molecule has 3 aliphatic rings. The Balaban J connectivity index is 1.58. The highest BCUT2D eigenvalue weighted by molar-refractivity contribution is 8.00. The monoisotopic (exact) mass is 172 g/mol. The van der Waals surface area contributed by atoms with E-state index in [1.165, 1.54) is 12.8 Å². The molecule has 4 unspecified atom stereocenters. The van der Waals surface area contributed by atoms with E-state index in [9.17, 15) is 0 Å². The fraction of sp³-hybridized carbons (Fsp3) is 1.00. The summed E-state index contributed by atoms with van der Waals surface area (Å²) in [7, 11) is 0.